The zero-order valence-corrected chi connectivity index (χ0v) is 14.9. The minimum absolute atomic E-state index is 0.0403. The Kier molecular flexibility index (Phi) is 5.83. The molecule has 0 radical (unpaired) electrons. The predicted octanol–water partition coefficient (Wildman–Crippen LogP) is 1.21. The minimum atomic E-state index is -0.332. The Hall–Kier alpha value is -2.19. The predicted molar refractivity (Wildman–Crippen MR) is 93.4 cm³/mol. The van der Waals surface area contributed by atoms with E-state index in [0.717, 1.165) is 36.9 Å². The average molecular weight is 365 g/mol. The Morgan fingerprint density at radius 1 is 1.28 bits per heavy atom. The number of anilines is 1. The molecule has 1 fully saturated rings. The fraction of sp³-hybridized carbons (Fsp3) is 0.500. The summed E-state index contributed by atoms with van der Waals surface area (Å²) in [5, 5.41) is 12.3. The monoisotopic (exact) mass is 364 g/mol. The molecule has 25 heavy (non-hydrogen) atoms. The van der Waals surface area contributed by atoms with E-state index in [0.29, 0.717) is 19.0 Å². The number of esters is 1. The van der Waals surface area contributed by atoms with Crippen molar-refractivity contribution in [1.82, 2.24) is 25.1 Å². The maximum absolute atomic E-state index is 11.6. The van der Waals surface area contributed by atoms with Crippen LogP contribution in [0.5, 0.6) is 0 Å². The van der Waals surface area contributed by atoms with Gasteiger partial charge in [0.2, 0.25) is 0 Å². The summed E-state index contributed by atoms with van der Waals surface area (Å²) in [6.45, 7) is 6.35. The second kappa shape index (κ2) is 8.26. The number of halogens is 1. The van der Waals surface area contributed by atoms with Crippen LogP contribution in [-0.4, -0.2) is 63.9 Å². The van der Waals surface area contributed by atoms with Crippen molar-refractivity contribution >= 4 is 23.3 Å². The average Bonchev–Trinajstić information content (AvgIpc) is 3.02. The van der Waals surface area contributed by atoms with Crippen molar-refractivity contribution in [1.29, 1.82) is 0 Å². The second-order valence-electron chi connectivity index (χ2n) is 5.80. The maximum atomic E-state index is 11.6. The summed E-state index contributed by atoms with van der Waals surface area (Å²) in [5.74, 6) is 0.339. The third-order valence-corrected chi connectivity index (χ3v) is 4.34. The van der Waals surface area contributed by atoms with Gasteiger partial charge >= 0.3 is 5.97 Å². The van der Waals surface area contributed by atoms with Gasteiger partial charge in [0.15, 0.2) is 5.82 Å². The molecule has 0 atom stereocenters. The van der Waals surface area contributed by atoms with Crippen molar-refractivity contribution < 1.29 is 9.53 Å². The van der Waals surface area contributed by atoms with E-state index in [1.807, 2.05) is 18.2 Å². The van der Waals surface area contributed by atoms with Gasteiger partial charge in [-0.15, -0.1) is 5.10 Å². The SMILES string of the molecule is CCOC(=O)Cn1nnnc1CN1CCN(c2cccc(Cl)c2)CC1. The van der Waals surface area contributed by atoms with Crippen molar-refractivity contribution in [3.8, 4) is 0 Å². The molecule has 0 unspecified atom stereocenters. The van der Waals surface area contributed by atoms with E-state index < -0.39 is 0 Å². The van der Waals surface area contributed by atoms with E-state index in [1.165, 1.54) is 4.68 Å². The van der Waals surface area contributed by atoms with Crippen LogP contribution in [0, 0.1) is 0 Å². The molecular formula is C16H21ClN6O2. The molecule has 2 heterocycles. The van der Waals surface area contributed by atoms with Gasteiger partial charge in [-0.1, -0.05) is 17.7 Å². The highest BCUT2D eigenvalue weighted by Gasteiger charge is 2.20. The van der Waals surface area contributed by atoms with E-state index >= 15 is 0 Å². The first-order valence-electron chi connectivity index (χ1n) is 8.29. The lowest BCUT2D eigenvalue weighted by Gasteiger charge is -2.35. The summed E-state index contributed by atoms with van der Waals surface area (Å²) in [5.41, 5.74) is 1.14. The fourth-order valence-electron chi connectivity index (χ4n) is 2.83. The lowest BCUT2D eigenvalue weighted by molar-refractivity contribution is -0.144. The van der Waals surface area contributed by atoms with Crippen LogP contribution in [-0.2, 0) is 22.6 Å². The first-order chi connectivity index (χ1) is 12.2. The van der Waals surface area contributed by atoms with E-state index in [-0.39, 0.29) is 12.5 Å². The van der Waals surface area contributed by atoms with Crippen LogP contribution in [0.25, 0.3) is 0 Å². The van der Waals surface area contributed by atoms with E-state index in [1.54, 1.807) is 6.92 Å². The summed E-state index contributed by atoms with van der Waals surface area (Å²) in [6, 6.07) is 7.90. The molecule has 3 rings (SSSR count). The molecule has 0 saturated carbocycles. The van der Waals surface area contributed by atoms with Crippen molar-refractivity contribution in [2.75, 3.05) is 37.7 Å². The molecule has 1 aliphatic rings. The number of aromatic nitrogens is 4. The number of hydrogen-bond acceptors (Lipinski definition) is 7. The number of hydrogen-bond donors (Lipinski definition) is 0. The van der Waals surface area contributed by atoms with Crippen LogP contribution in [0.4, 0.5) is 5.69 Å². The minimum Gasteiger partial charge on any atom is -0.465 e. The van der Waals surface area contributed by atoms with Gasteiger partial charge in [0.25, 0.3) is 0 Å². The summed E-state index contributed by atoms with van der Waals surface area (Å²) in [6.07, 6.45) is 0. The molecule has 1 saturated heterocycles. The molecule has 2 aromatic rings. The Bertz CT molecular complexity index is 714. The first-order valence-corrected chi connectivity index (χ1v) is 8.67. The summed E-state index contributed by atoms with van der Waals surface area (Å²) in [4.78, 5) is 16.2. The number of nitrogens with zero attached hydrogens (tertiary/aromatic N) is 6. The summed E-state index contributed by atoms with van der Waals surface area (Å²) >= 11 is 6.07. The van der Waals surface area contributed by atoms with E-state index in [2.05, 4.69) is 31.4 Å². The molecule has 1 aromatic heterocycles. The lowest BCUT2D eigenvalue weighted by atomic mass is 10.2. The number of ether oxygens (including phenoxy) is 1. The van der Waals surface area contributed by atoms with Gasteiger partial charge in [-0.3, -0.25) is 9.69 Å². The van der Waals surface area contributed by atoms with Gasteiger partial charge in [0, 0.05) is 36.9 Å². The quantitative estimate of drug-likeness (QED) is 0.713. The highest BCUT2D eigenvalue weighted by Crippen LogP contribution is 2.21. The van der Waals surface area contributed by atoms with Crippen molar-refractivity contribution in [2.45, 2.75) is 20.0 Å². The molecule has 0 aliphatic carbocycles. The number of tetrazole rings is 1. The third kappa shape index (κ3) is 4.67. The van der Waals surface area contributed by atoms with Crippen molar-refractivity contribution in [2.24, 2.45) is 0 Å². The van der Waals surface area contributed by atoms with E-state index in [9.17, 15) is 4.79 Å². The van der Waals surface area contributed by atoms with Crippen LogP contribution >= 0.6 is 11.6 Å². The van der Waals surface area contributed by atoms with Crippen molar-refractivity contribution in [3.63, 3.8) is 0 Å². The van der Waals surface area contributed by atoms with Crippen LogP contribution in [0.3, 0.4) is 0 Å². The maximum Gasteiger partial charge on any atom is 0.327 e. The van der Waals surface area contributed by atoms with E-state index in [4.69, 9.17) is 16.3 Å². The third-order valence-electron chi connectivity index (χ3n) is 4.10. The van der Waals surface area contributed by atoms with Gasteiger partial charge in [0.05, 0.1) is 13.2 Å². The van der Waals surface area contributed by atoms with Gasteiger partial charge in [-0.2, -0.15) is 0 Å². The topological polar surface area (TPSA) is 76.4 Å². The highest BCUT2D eigenvalue weighted by atomic mass is 35.5. The Labute approximate surface area is 151 Å². The normalized spacial score (nSPS) is 15.4. The highest BCUT2D eigenvalue weighted by molar-refractivity contribution is 6.30. The summed E-state index contributed by atoms with van der Waals surface area (Å²) < 4.78 is 6.45. The zero-order valence-electron chi connectivity index (χ0n) is 14.1. The van der Waals surface area contributed by atoms with Crippen molar-refractivity contribution in [3.05, 3.63) is 35.1 Å². The number of benzene rings is 1. The number of rotatable bonds is 6. The van der Waals surface area contributed by atoms with Crippen LogP contribution in [0.1, 0.15) is 12.7 Å². The zero-order chi connectivity index (χ0) is 17.6. The molecule has 9 heteroatoms. The van der Waals surface area contributed by atoms with Gasteiger partial charge in [-0.25, -0.2) is 4.68 Å². The van der Waals surface area contributed by atoms with Crippen LogP contribution < -0.4 is 4.90 Å². The molecule has 1 aliphatic heterocycles. The molecule has 0 spiro atoms. The number of carbonyl (C=O) groups excluding carboxylic acids is 1. The van der Waals surface area contributed by atoms with Crippen LogP contribution in [0.15, 0.2) is 24.3 Å². The Balaban J connectivity index is 1.54. The Morgan fingerprint density at radius 2 is 2.08 bits per heavy atom. The molecule has 0 bridgehead atoms. The molecule has 0 amide bonds. The number of carbonyl (C=O) groups is 1. The smallest absolute Gasteiger partial charge is 0.327 e. The first kappa shape index (κ1) is 17.6. The van der Waals surface area contributed by atoms with Gasteiger partial charge in [0.1, 0.15) is 6.54 Å². The molecular weight excluding hydrogens is 344 g/mol. The molecule has 0 N–H and O–H groups in total. The number of piperazine rings is 1. The van der Waals surface area contributed by atoms with Gasteiger partial charge < -0.3 is 9.64 Å². The largest absolute Gasteiger partial charge is 0.465 e. The van der Waals surface area contributed by atoms with Crippen LogP contribution in [0.2, 0.25) is 5.02 Å². The molecule has 8 nitrogen and oxygen atoms in total. The standard InChI is InChI=1S/C16H21ClN6O2/c1-2-25-16(24)12-23-15(18-19-20-23)11-21-6-8-22(9-7-21)14-5-3-4-13(17)10-14/h3-5,10H,2,6-9,11-12H2,1H3. The van der Waals surface area contributed by atoms with Gasteiger partial charge in [-0.05, 0) is 35.5 Å². The lowest BCUT2D eigenvalue weighted by Crippen LogP contribution is -2.46. The second-order valence-corrected chi connectivity index (χ2v) is 6.24. The summed E-state index contributed by atoms with van der Waals surface area (Å²) in [7, 11) is 0. The molecule has 1 aromatic carbocycles. The Morgan fingerprint density at radius 3 is 2.80 bits per heavy atom. The fourth-order valence-corrected chi connectivity index (χ4v) is 3.01. The molecule has 134 valence electrons.